The Morgan fingerprint density at radius 1 is 0.933 bits per heavy atom. The van der Waals surface area contributed by atoms with E-state index >= 15 is 0 Å². The van der Waals surface area contributed by atoms with Gasteiger partial charge in [0.15, 0.2) is 0 Å². The number of nitrogens with one attached hydrogen (secondary N) is 1. The molecule has 180 valence electrons. The van der Waals surface area contributed by atoms with Crippen molar-refractivity contribution < 1.29 is 61.3 Å². The van der Waals surface area contributed by atoms with Gasteiger partial charge in [-0.05, 0) is 27.7 Å². The second kappa shape index (κ2) is 13.2. The molecule has 5 nitrogen and oxygen atoms in total. The molecule has 1 N–H and O–H groups in total. The number of aryl methyl sites for hydroxylation is 1. The molecule has 1 rings (SSSR count). The molecule has 1 heterocycles. The molecule has 0 aliphatic heterocycles. The van der Waals surface area contributed by atoms with Gasteiger partial charge < -0.3 is 56.5 Å². The fraction of sp³-hybridized carbons (Fsp3) is 0.600. The first-order valence-electron chi connectivity index (χ1n) is 7.55. The summed E-state index contributed by atoms with van der Waals surface area (Å²) in [5.74, 6) is 0. The average Bonchev–Trinajstić information content (AvgIpc) is 2.77. The number of hydrogen-bond acceptors (Lipinski definition) is 3. The lowest BCUT2D eigenvalue weighted by Gasteiger charge is -2.19. The first kappa shape index (κ1) is 32.5. The highest BCUT2D eigenvalue weighted by Gasteiger charge is 2.21. The van der Waals surface area contributed by atoms with E-state index in [4.69, 9.17) is 4.74 Å². The van der Waals surface area contributed by atoms with E-state index in [1.807, 2.05) is 27.7 Å². The zero-order chi connectivity index (χ0) is 25.0. The summed E-state index contributed by atoms with van der Waals surface area (Å²) in [7, 11) is -18.0. The third kappa shape index (κ3) is 50.1. The molecule has 0 saturated carbocycles. The smallest absolute Gasteiger partial charge is 0.444 e. The third-order valence-corrected chi connectivity index (χ3v) is 1.60. The minimum atomic E-state index is -6.00. The predicted octanol–water partition coefficient (Wildman–Crippen LogP) is 6.15. The number of carbonyl (C=O) groups is 1. The Kier molecular flexibility index (Phi) is 14.3. The Morgan fingerprint density at radius 3 is 1.50 bits per heavy atom. The molecule has 0 aliphatic rings. The Hall–Kier alpha value is -2.17. The molecule has 1 aromatic heterocycles. The van der Waals surface area contributed by atoms with Crippen LogP contribution < -0.4 is 5.32 Å². The van der Waals surface area contributed by atoms with Crippen molar-refractivity contribution in [2.45, 2.75) is 39.8 Å². The van der Waals surface area contributed by atoms with Gasteiger partial charge in [-0.25, -0.2) is 4.79 Å². The maximum absolute atomic E-state index is 11.4. The molecule has 0 aliphatic carbocycles. The van der Waals surface area contributed by atoms with Crippen molar-refractivity contribution in [2.24, 2.45) is 0 Å². The highest BCUT2D eigenvalue weighted by atomic mass is 19.5. The van der Waals surface area contributed by atoms with Crippen LogP contribution in [-0.4, -0.2) is 43.2 Å². The fourth-order valence-corrected chi connectivity index (χ4v) is 1.02. The number of ether oxygens (including phenoxy) is 1. The van der Waals surface area contributed by atoms with Gasteiger partial charge in [-0.1, -0.05) is 0 Å². The molecule has 1 aromatic rings. The summed E-state index contributed by atoms with van der Waals surface area (Å²) in [5.41, 5.74) is 0.163. The quantitative estimate of drug-likeness (QED) is 0.416. The highest BCUT2D eigenvalue weighted by molar-refractivity contribution is 6.50. The highest BCUT2D eigenvalue weighted by Crippen LogP contribution is 2.11. The van der Waals surface area contributed by atoms with Crippen LogP contribution in [-0.2, 0) is 11.3 Å². The third-order valence-electron chi connectivity index (χ3n) is 1.60. The van der Waals surface area contributed by atoms with Crippen molar-refractivity contribution >= 4 is 33.5 Å². The van der Waals surface area contributed by atoms with Gasteiger partial charge in [-0.15, -0.1) is 0 Å². The van der Waals surface area contributed by atoms with Gasteiger partial charge >= 0.3 is 27.9 Å². The minimum absolute atomic E-state index is 0.460. The molecule has 1 amide bonds. The number of nitrogens with zero attached hydrogens (tertiary/aromatic N) is 2. The number of anilines is 1. The van der Waals surface area contributed by atoms with E-state index < -0.39 is 33.5 Å². The monoisotopic (exact) mass is 472 g/mol. The topological polar surface area (TPSA) is 56.2 Å². The Bertz CT molecular complexity index is 552. The van der Waals surface area contributed by atoms with Crippen LogP contribution in [0.15, 0.2) is 12.4 Å². The summed E-state index contributed by atoms with van der Waals surface area (Å²) < 4.78 is 124. The predicted molar refractivity (Wildman–Crippen MR) is 88.3 cm³/mol. The Labute approximate surface area is 163 Å². The normalized spacial score (nSPS) is 11.6. The summed E-state index contributed by atoms with van der Waals surface area (Å²) in [5, 5.41) is 6.64. The number of rotatable bonds is 2. The molecule has 0 saturated heterocycles. The van der Waals surface area contributed by atoms with Gasteiger partial charge in [-0.2, -0.15) is 5.10 Å². The second-order valence-electron chi connectivity index (χ2n) is 5.70. The molecular formula is C10H17B3F12N3O2-3. The lowest BCUT2D eigenvalue weighted by molar-refractivity contribution is 0.0635. The van der Waals surface area contributed by atoms with Gasteiger partial charge in [0.25, 0.3) is 0 Å². The Balaban J connectivity index is -0.000000400. The van der Waals surface area contributed by atoms with Crippen LogP contribution >= 0.6 is 0 Å². The first-order chi connectivity index (χ1) is 12.9. The molecular weight excluding hydrogens is 455 g/mol. The largest absolute Gasteiger partial charge is 0.673 e. The molecule has 30 heavy (non-hydrogen) atoms. The molecule has 0 unspecified atom stereocenters. The van der Waals surface area contributed by atoms with E-state index in [1.165, 1.54) is 0 Å². The molecule has 0 radical (unpaired) electrons. The number of amides is 1. The van der Waals surface area contributed by atoms with Crippen molar-refractivity contribution in [3.63, 3.8) is 0 Å². The van der Waals surface area contributed by atoms with Gasteiger partial charge in [0.2, 0.25) is 0 Å². The molecule has 0 fully saturated rings. The van der Waals surface area contributed by atoms with E-state index in [0.29, 0.717) is 5.69 Å². The molecule has 0 bridgehead atoms. The summed E-state index contributed by atoms with van der Waals surface area (Å²) in [6, 6.07) is 0. The van der Waals surface area contributed by atoms with E-state index in [1.54, 1.807) is 17.1 Å². The van der Waals surface area contributed by atoms with Crippen LogP contribution in [0.4, 0.5) is 62.3 Å². The maximum atomic E-state index is 11.4. The van der Waals surface area contributed by atoms with Gasteiger partial charge in [0, 0.05) is 12.7 Å². The molecule has 20 heteroatoms. The van der Waals surface area contributed by atoms with E-state index in [9.17, 15) is 56.6 Å². The zero-order valence-corrected chi connectivity index (χ0v) is 15.8. The fourth-order valence-electron chi connectivity index (χ4n) is 1.02. The van der Waals surface area contributed by atoms with Gasteiger partial charge in [0.1, 0.15) is 5.60 Å². The van der Waals surface area contributed by atoms with E-state index in [-0.39, 0.29) is 0 Å². The SMILES string of the molecule is CCn1cc(NC(=O)OC(C)(C)C)cn1.F[B-](F)(F)F.F[B-](F)(F)F.F[B-](F)(F)F. The number of carbonyl (C=O) groups excluding carboxylic acids is 1. The second-order valence-corrected chi connectivity index (χ2v) is 5.70. The van der Waals surface area contributed by atoms with Crippen LogP contribution in [0.5, 0.6) is 0 Å². The van der Waals surface area contributed by atoms with Crippen LogP contribution in [0.1, 0.15) is 27.7 Å². The van der Waals surface area contributed by atoms with Gasteiger partial charge in [0.05, 0.1) is 11.9 Å². The van der Waals surface area contributed by atoms with Crippen LogP contribution in [0.25, 0.3) is 0 Å². The number of aromatic nitrogens is 2. The molecule has 0 spiro atoms. The van der Waals surface area contributed by atoms with E-state index in [2.05, 4.69) is 10.4 Å². The zero-order valence-electron chi connectivity index (χ0n) is 15.8. The van der Waals surface area contributed by atoms with Crippen molar-refractivity contribution in [3.05, 3.63) is 12.4 Å². The summed E-state index contributed by atoms with van der Waals surface area (Å²) in [6.45, 7) is 8.21. The lowest BCUT2D eigenvalue weighted by atomic mass is 10.2. The van der Waals surface area contributed by atoms with Crippen molar-refractivity contribution in [3.8, 4) is 0 Å². The Morgan fingerprint density at radius 2 is 1.27 bits per heavy atom. The standard InChI is InChI=1S/C10H17N3O2.3BF4/c1-5-13-7-8(6-11-13)12-9(14)15-10(2,3)4;3*2-1(3,4)5/h6-7H,5H2,1-4H3,(H,12,14);;;/q;3*-1. The summed E-state index contributed by atoms with van der Waals surface area (Å²) >= 11 is 0. The van der Waals surface area contributed by atoms with Crippen molar-refractivity contribution in [1.29, 1.82) is 0 Å². The van der Waals surface area contributed by atoms with Crippen LogP contribution in [0.3, 0.4) is 0 Å². The number of halogens is 12. The minimum Gasteiger partial charge on any atom is -0.444 e. The first-order valence-corrected chi connectivity index (χ1v) is 7.55. The number of hydrogen-bond donors (Lipinski definition) is 1. The van der Waals surface area contributed by atoms with Crippen LogP contribution in [0.2, 0.25) is 0 Å². The summed E-state index contributed by atoms with van der Waals surface area (Å²) in [6.07, 6.45) is 2.88. The summed E-state index contributed by atoms with van der Waals surface area (Å²) in [4.78, 5) is 11.4. The van der Waals surface area contributed by atoms with Gasteiger partial charge in [-0.3, -0.25) is 10.00 Å². The molecule has 0 atom stereocenters. The van der Waals surface area contributed by atoms with E-state index in [0.717, 1.165) is 6.54 Å². The average molecular weight is 472 g/mol. The van der Waals surface area contributed by atoms with Crippen molar-refractivity contribution in [1.82, 2.24) is 9.78 Å². The maximum Gasteiger partial charge on any atom is 0.673 e. The molecule has 0 aromatic carbocycles. The lowest BCUT2D eigenvalue weighted by Crippen LogP contribution is -2.27. The van der Waals surface area contributed by atoms with Crippen LogP contribution in [0, 0.1) is 0 Å². The van der Waals surface area contributed by atoms with Crippen molar-refractivity contribution in [2.75, 3.05) is 5.32 Å².